The van der Waals surface area contributed by atoms with Crippen LogP contribution in [0.2, 0.25) is 0 Å². The third kappa shape index (κ3) is 0.910. The van der Waals surface area contributed by atoms with Crippen molar-refractivity contribution >= 4 is 5.97 Å². The molecule has 1 radical (unpaired) electrons. The predicted octanol–water partition coefficient (Wildman–Crippen LogP) is -0.0815. The van der Waals surface area contributed by atoms with Crippen molar-refractivity contribution in [1.29, 1.82) is 0 Å². The highest BCUT2D eigenvalue weighted by Gasteiger charge is 2.05. The Bertz CT molecular complexity index is 229. The molecule has 47 valence electrons. The lowest BCUT2D eigenvalue weighted by Gasteiger charge is -1.90. The number of aromatic nitrogens is 2. The van der Waals surface area contributed by atoms with Gasteiger partial charge in [0.25, 0.3) is 0 Å². The van der Waals surface area contributed by atoms with Crippen molar-refractivity contribution in [3.63, 3.8) is 0 Å². The minimum absolute atomic E-state index is 0.148. The average Bonchev–Trinajstić information content (AvgIpc) is 2.13. The van der Waals surface area contributed by atoms with E-state index in [0.717, 1.165) is 0 Å². The standard InChI is InChI=1S/C5H5N2O2/c1-7-3-6-2-4(7)5(8)9/h2H,1H3,(H,8,9). The molecule has 1 N–H and O–H groups in total. The Morgan fingerprint density at radius 3 is 2.89 bits per heavy atom. The molecular weight excluding hydrogens is 120 g/mol. The van der Waals surface area contributed by atoms with E-state index >= 15 is 0 Å². The fraction of sp³-hybridized carbons (Fsp3) is 0.200. The number of hydrogen-bond acceptors (Lipinski definition) is 2. The van der Waals surface area contributed by atoms with Crippen molar-refractivity contribution in [3.05, 3.63) is 18.2 Å². The van der Waals surface area contributed by atoms with Crippen molar-refractivity contribution in [2.75, 3.05) is 0 Å². The molecule has 0 saturated heterocycles. The van der Waals surface area contributed by atoms with Crippen molar-refractivity contribution in [2.24, 2.45) is 7.05 Å². The van der Waals surface area contributed by atoms with Crippen LogP contribution >= 0.6 is 0 Å². The highest BCUT2D eigenvalue weighted by Crippen LogP contribution is 1.92. The van der Waals surface area contributed by atoms with E-state index in [1.165, 1.54) is 10.8 Å². The Morgan fingerprint density at radius 2 is 2.67 bits per heavy atom. The Balaban J connectivity index is 3.08. The van der Waals surface area contributed by atoms with Crippen molar-refractivity contribution < 1.29 is 9.90 Å². The molecule has 9 heavy (non-hydrogen) atoms. The first kappa shape index (κ1) is 5.81. The molecule has 0 aromatic carbocycles. The molecule has 0 aliphatic carbocycles. The van der Waals surface area contributed by atoms with Crippen LogP contribution in [0.1, 0.15) is 10.5 Å². The lowest BCUT2D eigenvalue weighted by atomic mass is 10.5. The summed E-state index contributed by atoms with van der Waals surface area (Å²) in [6.45, 7) is 0. The summed E-state index contributed by atoms with van der Waals surface area (Å²) in [4.78, 5) is 13.7. The number of nitrogens with zero attached hydrogens (tertiary/aromatic N) is 2. The number of aromatic carboxylic acids is 1. The van der Waals surface area contributed by atoms with E-state index in [-0.39, 0.29) is 5.69 Å². The number of rotatable bonds is 1. The number of carboxylic acids is 1. The van der Waals surface area contributed by atoms with Crippen LogP contribution in [0.5, 0.6) is 0 Å². The molecule has 0 bridgehead atoms. The summed E-state index contributed by atoms with van der Waals surface area (Å²) in [5, 5.41) is 8.37. The SMILES string of the molecule is Cn1[c]ncc1C(=O)O. The molecule has 0 spiro atoms. The van der Waals surface area contributed by atoms with Crippen LogP contribution < -0.4 is 0 Å². The van der Waals surface area contributed by atoms with E-state index in [4.69, 9.17) is 5.11 Å². The lowest BCUT2D eigenvalue weighted by Crippen LogP contribution is -2.02. The number of carboxylic acid groups (broad SMARTS) is 1. The van der Waals surface area contributed by atoms with Gasteiger partial charge in [-0.2, -0.15) is 0 Å². The van der Waals surface area contributed by atoms with Gasteiger partial charge in [-0.1, -0.05) is 0 Å². The fourth-order valence-corrected chi connectivity index (χ4v) is 0.516. The molecule has 0 fully saturated rings. The summed E-state index contributed by atoms with van der Waals surface area (Å²) in [6.07, 6.45) is 3.69. The number of imidazole rings is 1. The van der Waals surface area contributed by atoms with Gasteiger partial charge in [0, 0.05) is 7.05 Å². The number of aryl methyl sites for hydroxylation is 1. The third-order valence-electron chi connectivity index (χ3n) is 0.975. The summed E-state index contributed by atoms with van der Waals surface area (Å²) in [6, 6.07) is 0. The molecule has 0 aliphatic rings. The molecule has 1 aromatic heterocycles. The number of carbonyl (C=O) groups is 1. The topological polar surface area (TPSA) is 55.1 Å². The summed E-state index contributed by atoms with van der Waals surface area (Å²) in [5.74, 6) is -0.980. The Morgan fingerprint density at radius 1 is 2.00 bits per heavy atom. The summed E-state index contributed by atoms with van der Waals surface area (Å²) in [7, 11) is 1.58. The molecule has 0 saturated carbocycles. The quantitative estimate of drug-likeness (QED) is 0.571. The van der Waals surface area contributed by atoms with Crippen LogP contribution in [0, 0.1) is 6.33 Å². The van der Waals surface area contributed by atoms with Gasteiger partial charge in [-0.25, -0.2) is 9.78 Å². The van der Waals surface area contributed by atoms with E-state index in [1.807, 2.05) is 0 Å². The van der Waals surface area contributed by atoms with Crippen LogP contribution in [0.3, 0.4) is 0 Å². The van der Waals surface area contributed by atoms with Crippen molar-refractivity contribution in [1.82, 2.24) is 9.55 Å². The Hall–Kier alpha value is -1.32. The van der Waals surface area contributed by atoms with Gasteiger partial charge in [0.2, 0.25) is 0 Å². The van der Waals surface area contributed by atoms with E-state index in [0.29, 0.717) is 0 Å². The lowest BCUT2D eigenvalue weighted by molar-refractivity contribution is 0.0686. The molecule has 4 nitrogen and oxygen atoms in total. The third-order valence-corrected chi connectivity index (χ3v) is 0.975. The van der Waals surface area contributed by atoms with E-state index in [1.54, 1.807) is 7.05 Å². The first-order chi connectivity index (χ1) is 4.22. The van der Waals surface area contributed by atoms with Gasteiger partial charge in [0.15, 0.2) is 6.33 Å². The normalized spacial score (nSPS) is 9.44. The van der Waals surface area contributed by atoms with Gasteiger partial charge in [0.05, 0.1) is 6.20 Å². The molecule has 0 amide bonds. The zero-order valence-electron chi connectivity index (χ0n) is 4.83. The number of hydrogen-bond donors (Lipinski definition) is 1. The van der Waals surface area contributed by atoms with Gasteiger partial charge in [-0.05, 0) is 0 Å². The molecule has 4 heteroatoms. The maximum atomic E-state index is 10.2. The van der Waals surface area contributed by atoms with Crippen LogP contribution in [0.25, 0.3) is 0 Å². The molecule has 0 aliphatic heterocycles. The van der Waals surface area contributed by atoms with E-state index in [2.05, 4.69) is 11.3 Å². The van der Waals surface area contributed by atoms with Crippen LogP contribution in [0.4, 0.5) is 0 Å². The maximum Gasteiger partial charge on any atom is 0.354 e. The average molecular weight is 125 g/mol. The second-order valence-electron chi connectivity index (χ2n) is 1.61. The Labute approximate surface area is 51.8 Å². The zero-order valence-corrected chi connectivity index (χ0v) is 4.83. The minimum Gasteiger partial charge on any atom is -0.477 e. The van der Waals surface area contributed by atoms with Crippen LogP contribution in [-0.4, -0.2) is 20.6 Å². The largest absolute Gasteiger partial charge is 0.477 e. The molecule has 1 rings (SSSR count). The monoisotopic (exact) mass is 125 g/mol. The second kappa shape index (κ2) is 1.89. The molecule has 0 atom stereocenters. The smallest absolute Gasteiger partial charge is 0.354 e. The summed E-state index contributed by atoms with van der Waals surface area (Å²) < 4.78 is 1.32. The van der Waals surface area contributed by atoms with Gasteiger partial charge < -0.3 is 9.67 Å². The van der Waals surface area contributed by atoms with E-state index in [9.17, 15) is 4.79 Å². The summed E-state index contributed by atoms with van der Waals surface area (Å²) in [5.41, 5.74) is 0.148. The van der Waals surface area contributed by atoms with Gasteiger partial charge >= 0.3 is 5.97 Å². The van der Waals surface area contributed by atoms with Crippen molar-refractivity contribution in [3.8, 4) is 0 Å². The first-order valence-electron chi connectivity index (χ1n) is 2.34. The molecule has 0 unspecified atom stereocenters. The molecule has 1 heterocycles. The van der Waals surface area contributed by atoms with Crippen molar-refractivity contribution in [2.45, 2.75) is 0 Å². The van der Waals surface area contributed by atoms with Crippen LogP contribution in [0.15, 0.2) is 6.20 Å². The Kier molecular flexibility index (Phi) is 1.22. The fourth-order valence-electron chi connectivity index (χ4n) is 0.516. The molecular formula is C5H5N2O2. The van der Waals surface area contributed by atoms with Gasteiger partial charge in [0.1, 0.15) is 5.69 Å². The van der Waals surface area contributed by atoms with Crippen LogP contribution in [-0.2, 0) is 7.05 Å². The first-order valence-corrected chi connectivity index (χ1v) is 2.34. The van der Waals surface area contributed by atoms with Gasteiger partial charge in [-0.3, -0.25) is 0 Å². The zero-order chi connectivity index (χ0) is 6.85. The highest BCUT2D eigenvalue weighted by molar-refractivity contribution is 5.85. The second-order valence-corrected chi connectivity index (χ2v) is 1.61. The predicted molar refractivity (Wildman–Crippen MR) is 29.0 cm³/mol. The highest BCUT2D eigenvalue weighted by atomic mass is 16.4. The minimum atomic E-state index is -0.980. The molecule has 1 aromatic rings. The summed E-state index contributed by atoms with van der Waals surface area (Å²) >= 11 is 0. The maximum absolute atomic E-state index is 10.2. The van der Waals surface area contributed by atoms with E-state index < -0.39 is 5.97 Å². The van der Waals surface area contributed by atoms with Gasteiger partial charge in [-0.15, -0.1) is 0 Å².